The minimum Gasteiger partial charge on any atom is -0.321 e. The van der Waals surface area contributed by atoms with Crippen molar-refractivity contribution in [1.82, 2.24) is 0 Å². The molecule has 32 heavy (non-hydrogen) atoms. The van der Waals surface area contributed by atoms with Crippen molar-refractivity contribution in [3.8, 4) is 0 Å². The molecule has 3 rings (SSSR count). The number of rotatable bonds is 7. The first-order valence-electron chi connectivity index (χ1n) is 11.2. The fourth-order valence-corrected chi connectivity index (χ4v) is 4.30. The number of carbonyl (C=O) groups is 2. The number of quaternary nitrogens is 1. The third kappa shape index (κ3) is 5.00. The van der Waals surface area contributed by atoms with E-state index in [-0.39, 0.29) is 24.4 Å². The molecule has 2 amide bonds. The van der Waals surface area contributed by atoms with Gasteiger partial charge in [0.2, 0.25) is 0 Å². The molecule has 0 aromatic heterocycles. The monoisotopic (exact) mass is 432 g/mol. The van der Waals surface area contributed by atoms with Crippen LogP contribution in [0.15, 0.2) is 54.6 Å². The Labute approximate surface area is 191 Å². The van der Waals surface area contributed by atoms with Gasteiger partial charge in [-0.3, -0.25) is 9.59 Å². The van der Waals surface area contributed by atoms with E-state index in [1.807, 2.05) is 76.9 Å². The van der Waals surface area contributed by atoms with Gasteiger partial charge in [-0.1, -0.05) is 54.1 Å². The van der Waals surface area contributed by atoms with E-state index >= 15 is 0 Å². The average molecular weight is 433 g/mol. The van der Waals surface area contributed by atoms with Crippen molar-refractivity contribution in [2.24, 2.45) is 0 Å². The van der Waals surface area contributed by atoms with Gasteiger partial charge in [0, 0.05) is 17.6 Å². The van der Waals surface area contributed by atoms with Crippen LogP contribution in [-0.2, 0) is 9.59 Å². The van der Waals surface area contributed by atoms with Crippen LogP contribution in [-0.4, -0.2) is 38.0 Å². The zero-order valence-corrected chi connectivity index (χ0v) is 20.0. The predicted molar refractivity (Wildman–Crippen MR) is 132 cm³/mol. The van der Waals surface area contributed by atoms with Crippen molar-refractivity contribution in [3.05, 3.63) is 71.3 Å². The number of hydrogen-bond acceptors (Lipinski definition) is 2. The quantitative estimate of drug-likeness (QED) is 0.599. The van der Waals surface area contributed by atoms with E-state index in [1.54, 1.807) is 0 Å². The van der Waals surface area contributed by atoms with Crippen LogP contribution in [0.2, 0.25) is 0 Å². The summed E-state index contributed by atoms with van der Waals surface area (Å²) in [7, 11) is 1.90. The molecule has 0 saturated carbocycles. The Bertz CT molecular complexity index is 1110. The highest BCUT2D eigenvalue weighted by atomic mass is 16.2. The molecular weight excluding hydrogens is 398 g/mol. The third-order valence-electron chi connectivity index (χ3n) is 6.13. The second-order valence-corrected chi connectivity index (χ2v) is 8.65. The molecule has 0 aliphatic carbocycles. The number of nitrogens with one attached hydrogen (secondary N) is 2. The molecule has 0 spiro atoms. The van der Waals surface area contributed by atoms with Gasteiger partial charge in [-0.2, -0.15) is 0 Å². The van der Waals surface area contributed by atoms with Crippen molar-refractivity contribution < 1.29 is 14.5 Å². The molecular formula is C27H34N3O2+. The molecule has 2 atom stereocenters. The first-order chi connectivity index (χ1) is 15.2. The topological polar surface area (TPSA) is 53.9 Å². The summed E-state index contributed by atoms with van der Waals surface area (Å²) in [5, 5.41) is 5.20. The van der Waals surface area contributed by atoms with E-state index in [9.17, 15) is 9.59 Å². The molecule has 3 aromatic carbocycles. The van der Waals surface area contributed by atoms with E-state index in [0.29, 0.717) is 6.54 Å². The van der Waals surface area contributed by atoms with Crippen LogP contribution in [0.4, 0.5) is 11.4 Å². The van der Waals surface area contributed by atoms with Gasteiger partial charge in [-0.05, 0) is 57.2 Å². The van der Waals surface area contributed by atoms with E-state index in [4.69, 9.17) is 0 Å². The molecule has 3 aromatic rings. The summed E-state index contributed by atoms with van der Waals surface area (Å²) in [4.78, 5) is 28.9. The second kappa shape index (κ2) is 9.96. The highest BCUT2D eigenvalue weighted by molar-refractivity contribution is 6.05. The number of aryl methyl sites for hydroxylation is 3. The molecule has 0 bridgehead atoms. The molecule has 0 aliphatic heterocycles. The van der Waals surface area contributed by atoms with Gasteiger partial charge >= 0.3 is 0 Å². The summed E-state index contributed by atoms with van der Waals surface area (Å²) in [5.41, 5.74) is 5.04. The summed E-state index contributed by atoms with van der Waals surface area (Å²) in [6.45, 7) is 10.7. The normalized spacial score (nSPS) is 12.9. The van der Waals surface area contributed by atoms with E-state index in [0.717, 1.165) is 38.2 Å². The van der Waals surface area contributed by atoms with Gasteiger partial charge in [-0.15, -0.1) is 0 Å². The van der Waals surface area contributed by atoms with Gasteiger partial charge < -0.3 is 15.1 Å². The minimum atomic E-state index is -0.361. The Hall–Kier alpha value is -3.18. The van der Waals surface area contributed by atoms with Crippen LogP contribution in [0, 0.1) is 20.8 Å². The first-order valence-corrected chi connectivity index (χ1v) is 11.2. The molecule has 1 unspecified atom stereocenters. The molecule has 0 fully saturated rings. The molecule has 5 heteroatoms. The van der Waals surface area contributed by atoms with Crippen LogP contribution in [0.5, 0.6) is 0 Å². The predicted octanol–water partition coefficient (Wildman–Crippen LogP) is 3.66. The summed E-state index contributed by atoms with van der Waals surface area (Å²) < 4.78 is 0. The average Bonchev–Trinajstić information content (AvgIpc) is 2.76. The summed E-state index contributed by atoms with van der Waals surface area (Å²) >= 11 is 0. The number of benzene rings is 3. The zero-order chi connectivity index (χ0) is 23.4. The smallest absolute Gasteiger partial charge is 0.284 e. The van der Waals surface area contributed by atoms with Crippen LogP contribution < -0.4 is 15.1 Å². The van der Waals surface area contributed by atoms with E-state index < -0.39 is 0 Å². The first kappa shape index (κ1) is 23.5. The lowest BCUT2D eigenvalue weighted by Crippen LogP contribution is -3.15. The van der Waals surface area contributed by atoms with Crippen molar-refractivity contribution in [2.75, 3.05) is 30.4 Å². The van der Waals surface area contributed by atoms with Gasteiger partial charge in [-0.25, -0.2) is 0 Å². The van der Waals surface area contributed by atoms with Gasteiger partial charge in [0.25, 0.3) is 11.8 Å². The maximum absolute atomic E-state index is 13.4. The summed E-state index contributed by atoms with van der Waals surface area (Å²) in [6, 6.07) is 17.9. The fraction of sp³-hybridized carbons (Fsp3) is 0.333. The molecule has 0 radical (unpaired) electrons. The molecule has 0 aliphatic rings. The largest absolute Gasteiger partial charge is 0.321 e. The molecule has 5 nitrogen and oxygen atoms in total. The highest BCUT2D eigenvalue weighted by Gasteiger charge is 2.29. The molecule has 2 N–H and O–H groups in total. The van der Waals surface area contributed by atoms with Gasteiger partial charge in [0.15, 0.2) is 12.6 Å². The minimum absolute atomic E-state index is 0.0110. The van der Waals surface area contributed by atoms with Crippen molar-refractivity contribution in [2.45, 2.75) is 40.7 Å². The highest BCUT2D eigenvalue weighted by Crippen LogP contribution is 2.27. The Morgan fingerprint density at radius 1 is 1.00 bits per heavy atom. The number of carbonyl (C=O) groups excluding carboxylic acids is 2. The van der Waals surface area contributed by atoms with Crippen LogP contribution >= 0.6 is 0 Å². The van der Waals surface area contributed by atoms with Crippen molar-refractivity contribution in [3.63, 3.8) is 0 Å². The Kier molecular flexibility index (Phi) is 7.31. The lowest BCUT2D eigenvalue weighted by atomic mass is 10.1. The fourth-order valence-electron chi connectivity index (χ4n) is 4.30. The summed E-state index contributed by atoms with van der Waals surface area (Å²) in [6.07, 6.45) is 0. The van der Waals surface area contributed by atoms with Gasteiger partial charge in [0.1, 0.15) is 0 Å². The lowest BCUT2D eigenvalue weighted by Gasteiger charge is -2.28. The standard InChI is InChI=1S/C27H33N3O2/c1-7-30(24-14-10-12-22-11-8-9-13-23(22)24)27(32)21(5)29(6)17-25(31)28-26-19(3)15-18(2)16-20(26)4/h8-16,21H,7,17H2,1-6H3,(H,28,31)/p+1/t21-/m1/s1. The lowest BCUT2D eigenvalue weighted by molar-refractivity contribution is -0.885. The van der Waals surface area contributed by atoms with Crippen molar-refractivity contribution >= 4 is 34.0 Å². The number of hydrogen-bond donors (Lipinski definition) is 2. The Morgan fingerprint density at radius 2 is 1.62 bits per heavy atom. The van der Waals surface area contributed by atoms with Gasteiger partial charge in [0.05, 0.1) is 12.7 Å². The van der Waals surface area contributed by atoms with E-state index in [1.165, 1.54) is 5.56 Å². The van der Waals surface area contributed by atoms with Crippen molar-refractivity contribution in [1.29, 1.82) is 0 Å². The van der Waals surface area contributed by atoms with Crippen LogP contribution in [0.25, 0.3) is 10.8 Å². The number of likely N-dealkylation sites (N-methyl/N-ethyl adjacent to an activating group) is 2. The van der Waals surface area contributed by atoms with E-state index in [2.05, 4.69) is 29.6 Å². The number of fused-ring (bicyclic) bond motifs is 1. The number of anilines is 2. The molecule has 168 valence electrons. The van der Waals surface area contributed by atoms with Crippen LogP contribution in [0.3, 0.4) is 0 Å². The third-order valence-corrected chi connectivity index (χ3v) is 6.13. The van der Waals surface area contributed by atoms with Crippen LogP contribution in [0.1, 0.15) is 30.5 Å². The maximum Gasteiger partial charge on any atom is 0.284 e. The summed E-state index contributed by atoms with van der Waals surface area (Å²) in [5.74, 6) is -0.0812. The zero-order valence-electron chi connectivity index (χ0n) is 20.0. The number of nitrogens with zero attached hydrogens (tertiary/aromatic N) is 1. The second-order valence-electron chi connectivity index (χ2n) is 8.65. The molecule has 0 saturated heterocycles. The molecule has 0 heterocycles. The maximum atomic E-state index is 13.4. The Balaban J connectivity index is 1.73. The Morgan fingerprint density at radius 3 is 2.28 bits per heavy atom. The SMILES string of the molecule is CCN(C(=O)[C@@H](C)[NH+](C)CC(=O)Nc1c(C)cc(C)cc1C)c1cccc2ccccc12. The number of amides is 2.